The summed E-state index contributed by atoms with van der Waals surface area (Å²) in [7, 11) is 1.69. The molecule has 0 spiro atoms. The molecule has 3 aromatic carbocycles. The minimum absolute atomic E-state index is 0.295. The van der Waals surface area contributed by atoms with Crippen molar-refractivity contribution in [2.24, 2.45) is 0 Å². The molecule has 1 N–H and O–H groups in total. The molecule has 0 atom stereocenters. The molecule has 37 heavy (non-hydrogen) atoms. The highest BCUT2D eigenvalue weighted by atomic mass is 32.2. The monoisotopic (exact) mass is 515 g/mol. The van der Waals surface area contributed by atoms with Crippen molar-refractivity contribution >= 4 is 17.7 Å². The van der Waals surface area contributed by atoms with Gasteiger partial charge in [-0.25, -0.2) is 9.97 Å². The third-order valence-corrected chi connectivity index (χ3v) is 6.56. The van der Waals surface area contributed by atoms with Crippen molar-refractivity contribution in [1.29, 1.82) is 0 Å². The molecular weight excluding hydrogens is 495 g/mol. The van der Waals surface area contributed by atoms with Gasteiger partial charge in [-0.2, -0.15) is 13.2 Å². The minimum Gasteiger partial charge on any atom is -0.357 e. The number of hydrogen-bond donors (Lipinski definition) is 1. The predicted octanol–water partition coefficient (Wildman–Crippen LogP) is 7.48. The summed E-state index contributed by atoms with van der Waals surface area (Å²) in [5.74, 6) is 0.383. The largest absolute Gasteiger partial charge is 0.416 e. The number of benzene rings is 3. The lowest BCUT2D eigenvalue weighted by atomic mass is 10.00. The summed E-state index contributed by atoms with van der Waals surface area (Å²) in [4.78, 5) is 10.8. The smallest absolute Gasteiger partial charge is 0.357 e. The Balaban J connectivity index is 1.56. The second-order valence-corrected chi connectivity index (χ2v) is 9.17. The molecule has 0 radical (unpaired) electrons. The van der Waals surface area contributed by atoms with Crippen LogP contribution in [0.3, 0.4) is 0 Å². The first-order valence-corrected chi connectivity index (χ1v) is 12.1. The summed E-state index contributed by atoms with van der Waals surface area (Å²) in [6.07, 6.45) is -2.89. The molecule has 0 aliphatic heterocycles. The number of hydrogen-bond acceptors (Lipinski definition) is 6. The molecule has 5 aromatic rings. The summed E-state index contributed by atoms with van der Waals surface area (Å²) >= 11 is 1.65. The van der Waals surface area contributed by atoms with E-state index in [1.165, 1.54) is 6.07 Å². The van der Waals surface area contributed by atoms with Gasteiger partial charge in [0.25, 0.3) is 0 Å². The standard InChI is InChI=1S/C28H20F3N5S/c1-32-27-33-15-14-24(34-27)23-17-25(18-10-12-22(13-11-18)37-21-8-3-2-4-9-21)35-36-26(23)19-6-5-7-20(16-19)28(29,30)31/h2-17H,1H3,(H,32,33,34). The van der Waals surface area contributed by atoms with Crippen LogP contribution in [0.4, 0.5) is 19.1 Å². The topological polar surface area (TPSA) is 63.6 Å². The number of nitrogens with zero attached hydrogens (tertiary/aromatic N) is 4. The van der Waals surface area contributed by atoms with Crippen LogP contribution in [-0.2, 0) is 6.18 Å². The average molecular weight is 516 g/mol. The number of nitrogens with one attached hydrogen (secondary N) is 1. The fourth-order valence-corrected chi connectivity index (χ4v) is 4.57. The number of halogens is 3. The third kappa shape index (κ3) is 5.62. The maximum absolute atomic E-state index is 13.4. The second-order valence-electron chi connectivity index (χ2n) is 8.03. The molecule has 184 valence electrons. The average Bonchev–Trinajstić information content (AvgIpc) is 2.93. The first-order valence-electron chi connectivity index (χ1n) is 11.3. The molecule has 5 nitrogen and oxygen atoms in total. The van der Waals surface area contributed by atoms with E-state index in [4.69, 9.17) is 0 Å². The molecule has 9 heteroatoms. The maximum Gasteiger partial charge on any atom is 0.416 e. The highest BCUT2D eigenvalue weighted by Gasteiger charge is 2.31. The Kier molecular flexibility index (Phi) is 6.87. The van der Waals surface area contributed by atoms with Gasteiger partial charge in [0.05, 0.1) is 17.0 Å². The lowest BCUT2D eigenvalue weighted by Gasteiger charge is -2.13. The molecule has 0 saturated heterocycles. The van der Waals surface area contributed by atoms with Gasteiger partial charge in [0.1, 0.15) is 5.69 Å². The van der Waals surface area contributed by atoms with Gasteiger partial charge >= 0.3 is 6.18 Å². The van der Waals surface area contributed by atoms with Gasteiger partial charge in [-0.1, -0.05) is 54.2 Å². The molecule has 0 fully saturated rings. The van der Waals surface area contributed by atoms with Crippen LogP contribution in [0, 0.1) is 0 Å². The van der Waals surface area contributed by atoms with Crippen LogP contribution in [0.2, 0.25) is 0 Å². The first kappa shape index (κ1) is 24.5. The van der Waals surface area contributed by atoms with E-state index in [0.29, 0.717) is 34.2 Å². The van der Waals surface area contributed by atoms with E-state index < -0.39 is 11.7 Å². The number of anilines is 1. The lowest BCUT2D eigenvalue weighted by Crippen LogP contribution is -2.05. The van der Waals surface area contributed by atoms with Crippen molar-refractivity contribution in [3.8, 4) is 33.8 Å². The molecule has 0 bridgehead atoms. The Morgan fingerprint density at radius 2 is 1.49 bits per heavy atom. The van der Waals surface area contributed by atoms with Crippen molar-refractivity contribution in [3.63, 3.8) is 0 Å². The molecule has 0 aliphatic rings. The molecule has 0 saturated carbocycles. The Morgan fingerprint density at radius 1 is 0.730 bits per heavy atom. The van der Waals surface area contributed by atoms with E-state index in [9.17, 15) is 13.2 Å². The zero-order valence-corrected chi connectivity index (χ0v) is 20.4. The second kappa shape index (κ2) is 10.4. The zero-order valence-electron chi connectivity index (χ0n) is 19.6. The summed E-state index contributed by atoms with van der Waals surface area (Å²) in [5.41, 5.74) is 2.29. The Labute approximate surface area is 215 Å². The lowest BCUT2D eigenvalue weighted by molar-refractivity contribution is -0.137. The van der Waals surface area contributed by atoms with Gasteiger partial charge < -0.3 is 5.32 Å². The van der Waals surface area contributed by atoms with Crippen molar-refractivity contribution in [2.45, 2.75) is 16.0 Å². The number of rotatable bonds is 6. The SMILES string of the molecule is CNc1nccc(-c2cc(-c3ccc(Sc4ccccc4)cc3)nnc2-c2cccc(C(F)(F)F)c2)n1. The van der Waals surface area contributed by atoms with Crippen molar-refractivity contribution in [2.75, 3.05) is 12.4 Å². The van der Waals surface area contributed by atoms with Crippen LogP contribution in [0.25, 0.3) is 33.8 Å². The summed E-state index contributed by atoms with van der Waals surface area (Å²) in [6.45, 7) is 0. The van der Waals surface area contributed by atoms with E-state index in [1.54, 1.807) is 43.2 Å². The first-order chi connectivity index (χ1) is 17.9. The Morgan fingerprint density at radius 3 is 2.22 bits per heavy atom. The van der Waals surface area contributed by atoms with Crippen LogP contribution in [0.15, 0.2) is 107 Å². The summed E-state index contributed by atoms with van der Waals surface area (Å²) in [6, 6.07) is 26.5. The van der Waals surface area contributed by atoms with Crippen LogP contribution in [0.1, 0.15) is 5.56 Å². The predicted molar refractivity (Wildman–Crippen MR) is 139 cm³/mol. The van der Waals surface area contributed by atoms with E-state index >= 15 is 0 Å². The molecule has 0 unspecified atom stereocenters. The van der Waals surface area contributed by atoms with Gasteiger partial charge in [-0.05, 0) is 48.5 Å². The van der Waals surface area contributed by atoms with Gasteiger partial charge in [0.15, 0.2) is 0 Å². The van der Waals surface area contributed by atoms with Crippen molar-refractivity contribution < 1.29 is 13.2 Å². The van der Waals surface area contributed by atoms with E-state index in [2.05, 4.69) is 25.5 Å². The summed E-state index contributed by atoms with van der Waals surface area (Å²) in [5, 5.41) is 11.6. The van der Waals surface area contributed by atoms with Gasteiger partial charge in [-0.3, -0.25) is 0 Å². The molecule has 2 aromatic heterocycles. The normalized spacial score (nSPS) is 11.4. The highest BCUT2D eigenvalue weighted by molar-refractivity contribution is 7.99. The van der Waals surface area contributed by atoms with Crippen LogP contribution >= 0.6 is 11.8 Å². The number of alkyl halides is 3. The molecule has 5 rings (SSSR count). The fraction of sp³-hybridized carbons (Fsp3) is 0.0714. The molecule has 2 heterocycles. The van der Waals surface area contributed by atoms with Gasteiger partial charge in [0.2, 0.25) is 5.95 Å². The molecule has 0 amide bonds. The van der Waals surface area contributed by atoms with Gasteiger partial charge in [-0.15, -0.1) is 10.2 Å². The van der Waals surface area contributed by atoms with Crippen molar-refractivity contribution in [3.05, 3.63) is 103 Å². The Bertz CT molecular complexity index is 1520. The van der Waals surface area contributed by atoms with Gasteiger partial charge in [0, 0.05) is 39.7 Å². The van der Waals surface area contributed by atoms with Crippen LogP contribution < -0.4 is 5.32 Å². The maximum atomic E-state index is 13.4. The molecule has 0 aliphatic carbocycles. The van der Waals surface area contributed by atoms with E-state index in [1.807, 2.05) is 54.6 Å². The Hall–Kier alpha value is -4.24. The van der Waals surface area contributed by atoms with E-state index in [0.717, 1.165) is 27.5 Å². The van der Waals surface area contributed by atoms with Crippen LogP contribution in [-0.4, -0.2) is 27.2 Å². The highest BCUT2D eigenvalue weighted by Crippen LogP contribution is 2.36. The number of aromatic nitrogens is 4. The van der Waals surface area contributed by atoms with Crippen LogP contribution in [0.5, 0.6) is 0 Å². The minimum atomic E-state index is -4.47. The van der Waals surface area contributed by atoms with Crippen molar-refractivity contribution in [1.82, 2.24) is 20.2 Å². The van der Waals surface area contributed by atoms with E-state index in [-0.39, 0.29) is 0 Å². The fourth-order valence-electron chi connectivity index (χ4n) is 3.73. The molecular formula is C28H20F3N5S. The summed E-state index contributed by atoms with van der Waals surface area (Å²) < 4.78 is 40.2. The zero-order chi connectivity index (χ0) is 25.8. The third-order valence-electron chi connectivity index (χ3n) is 5.54. The quantitative estimate of drug-likeness (QED) is 0.253.